The molecule has 0 bridgehead atoms. The summed E-state index contributed by atoms with van der Waals surface area (Å²) in [5, 5.41) is 0. The highest BCUT2D eigenvalue weighted by Crippen LogP contribution is 2.19. The number of hydrogen-bond acceptors (Lipinski definition) is 3. The van der Waals surface area contributed by atoms with E-state index in [4.69, 9.17) is 4.74 Å². The maximum Gasteiger partial charge on any atom is 0.306 e. The Balaban J connectivity index is 3.95. The van der Waals surface area contributed by atoms with Crippen LogP contribution in [0.25, 0.3) is 0 Å². The number of rotatable bonds is 35. The average Bonchev–Trinajstić information content (AvgIpc) is 3.00. The van der Waals surface area contributed by atoms with Gasteiger partial charge >= 0.3 is 5.97 Å². The van der Waals surface area contributed by atoms with Crippen LogP contribution in [0.5, 0.6) is 0 Å². The number of ether oxygens (including phenoxy) is 1. The van der Waals surface area contributed by atoms with Gasteiger partial charge in [0.2, 0.25) is 0 Å². The summed E-state index contributed by atoms with van der Waals surface area (Å²) >= 11 is 0. The van der Waals surface area contributed by atoms with Crippen LogP contribution in [-0.4, -0.2) is 37.6 Å². The maximum atomic E-state index is 12.5. The van der Waals surface area contributed by atoms with Crippen molar-refractivity contribution in [2.45, 2.75) is 213 Å². The zero-order valence-corrected chi connectivity index (χ0v) is 30.6. The van der Waals surface area contributed by atoms with Crippen LogP contribution in [0, 0.1) is 0 Å². The van der Waals surface area contributed by atoms with Crippen LogP contribution in [0.2, 0.25) is 0 Å². The van der Waals surface area contributed by atoms with Crippen molar-refractivity contribution in [3.05, 3.63) is 24.3 Å². The lowest BCUT2D eigenvalue weighted by Crippen LogP contribution is -2.20. The molecule has 0 radical (unpaired) electrons. The minimum absolute atomic E-state index is 0.0160. The van der Waals surface area contributed by atoms with Crippen LogP contribution in [0.1, 0.15) is 206 Å². The standard InChI is InChI=1S/C41H79NO2/c1-5-7-9-11-13-15-17-19-21-23-25-27-29-31-33-36-40(44-41(43)38-35-39-42(3)4)37-34-32-30-28-26-24-22-20-18-16-14-12-10-8-6-2/h11,13,17,19,40H,5-10,12,14-16,18,20-39H2,1-4H3/b13-11-,19-17-. The van der Waals surface area contributed by atoms with Crippen LogP contribution in [0.4, 0.5) is 0 Å². The molecule has 3 heteroatoms. The van der Waals surface area contributed by atoms with Gasteiger partial charge in [0.05, 0.1) is 0 Å². The molecule has 0 fully saturated rings. The van der Waals surface area contributed by atoms with E-state index in [1.807, 2.05) is 0 Å². The molecule has 3 nitrogen and oxygen atoms in total. The molecule has 0 aromatic rings. The summed E-state index contributed by atoms with van der Waals surface area (Å²) in [6.07, 6.45) is 47.7. The zero-order chi connectivity index (χ0) is 32.2. The van der Waals surface area contributed by atoms with Crippen molar-refractivity contribution < 1.29 is 9.53 Å². The zero-order valence-electron chi connectivity index (χ0n) is 30.6. The van der Waals surface area contributed by atoms with E-state index in [-0.39, 0.29) is 12.1 Å². The molecule has 1 unspecified atom stereocenters. The van der Waals surface area contributed by atoms with E-state index in [1.165, 1.54) is 161 Å². The fraction of sp³-hybridized carbons (Fsp3) is 0.878. The SMILES string of the molecule is CCCC/C=C\C/C=C\CCCCCCCCC(CCCCCCCCCCCCCCCCC)OC(=O)CCCN(C)C. The number of nitrogens with zero attached hydrogens (tertiary/aromatic N) is 1. The Morgan fingerprint density at radius 1 is 0.523 bits per heavy atom. The Labute approximate surface area is 277 Å². The van der Waals surface area contributed by atoms with E-state index in [0.29, 0.717) is 6.42 Å². The van der Waals surface area contributed by atoms with Crippen molar-refractivity contribution in [3.63, 3.8) is 0 Å². The van der Waals surface area contributed by atoms with Gasteiger partial charge in [0, 0.05) is 6.42 Å². The van der Waals surface area contributed by atoms with E-state index < -0.39 is 0 Å². The Kier molecular flexibility index (Phi) is 35.5. The lowest BCUT2D eigenvalue weighted by atomic mass is 10.0. The van der Waals surface area contributed by atoms with Gasteiger partial charge in [0.25, 0.3) is 0 Å². The molecule has 1 atom stereocenters. The van der Waals surface area contributed by atoms with E-state index in [9.17, 15) is 4.79 Å². The molecule has 0 amide bonds. The van der Waals surface area contributed by atoms with Crippen molar-refractivity contribution in [1.82, 2.24) is 4.90 Å². The Morgan fingerprint density at radius 3 is 1.39 bits per heavy atom. The Hall–Kier alpha value is -1.09. The van der Waals surface area contributed by atoms with Gasteiger partial charge in [-0.3, -0.25) is 4.79 Å². The summed E-state index contributed by atoms with van der Waals surface area (Å²) in [5.41, 5.74) is 0. The molecule has 44 heavy (non-hydrogen) atoms. The first-order chi connectivity index (χ1) is 21.6. The van der Waals surface area contributed by atoms with E-state index >= 15 is 0 Å². The molecule has 0 aliphatic heterocycles. The molecule has 0 aromatic heterocycles. The number of hydrogen-bond donors (Lipinski definition) is 0. The molecule has 0 aromatic carbocycles. The molecular weight excluding hydrogens is 538 g/mol. The monoisotopic (exact) mass is 618 g/mol. The minimum Gasteiger partial charge on any atom is -0.462 e. The molecule has 0 N–H and O–H groups in total. The summed E-state index contributed by atoms with van der Waals surface area (Å²) in [4.78, 5) is 14.6. The second-order valence-electron chi connectivity index (χ2n) is 13.8. The van der Waals surface area contributed by atoms with Gasteiger partial charge in [0.15, 0.2) is 0 Å². The summed E-state index contributed by atoms with van der Waals surface area (Å²) in [6, 6.07) is 0. The topological polar surface area (TPSA) is 29.5 Å². The van der Waals surface area contributed by atoms with Gasteiger partial charge in [-0.2, -0.15) is 0 Å². The lowest BCUT2D eigenvalue weighted by molar-refractivity contribution is -0.150. The molecule has 0 heterocycles. The summed E-state index contributed by atoms with van der Waals surface area (Å²) in [6.45, 7) is 5.49. The minimum atomic E-state index is 0.0160. The Morgan fingerprint density at radius 2 is 0.932 bits per heavy atom. The lowest BCUT2D eigenvalue weighted by Gasteiger charge is -2.18. The molecule has 0 rings (SSSR count). The van der Waals surface area contributed by atoms with E-state index in [0.717, 1.165) is 32.2 Å². The second-order valence-corrected chi connectivity index (χ2v) is 13.8. The van der Waals surface area contributed by atoms with Crippen molar-refractivity contribution >= 4 is 5.97 Å². The first-order valence-electron chi connectivity index (χ1n) is 19.7. The smallest absolute Gasteiger partial charge is 0.306 e. The maximum absolute atomic E-state index is 12.5. The number of carbonyl (C=O) groups excluding carboxylic acids is 1. The highest BCUT2D eigenvalue weighted by atomic mass is 16.5. The first kappa shape index (κ1) is 42.9. The third-order valence-electron chi connectivity index (χ3n) is 8.89. The summed E-state index contributed by atoms with van der Waals surface area (Å²) in [7, 11) is 4.13. The number of unbranched alkanes of at least 4 members (excludes halogenated alkanes) is 22. The fourth-order valence-corrected chi connectivity index (χ4v) is 5.96. The third kappa shape index (κ3) is 35.4. The average molecular weight is 618 g/mol. The van der Waals surface area contributed by atoms with E-state index in [1.54, 1.807) is 0 Å². The van der Waals surface area contributed by atoms with Gasteiger partial charge < -0.3 is 9.64 Å². The van der Waals surface area contributed by atoms with Gasteiger partial charge in [-0.15, -0.1) is 0 Å². The van der Waals surface area contributed by atoms with Crippen molar-refractivity contribution in [3.8, 4) is 0 Å². The largest absolute Gasteiger partial charge is 0.462 e. The van der Waals surface area contributed by atoms with Crippen molar-refractivity contribution in [2.75, 3.05) is 20.6 Å². The number of allylic oxidation sites excluding steroid dienone is 4. The highest BCUT2D eigenvalue weighted by molar-refractivity contribution is 5.69. The molecule has 260 valence electrons. The molecule has 0 saturated heterocycles. The second kappa shape index (κ2) is 36.4. The normalized spacial score (nSPS) is 12.7. The predicted octanol–water partition coefficient (Wildman–Crippen LogP) is 13.3. The van der Waals surface area contributed by atoms with Crippen molar-refractivity contribution in [1.29, 1.82) is 0 Å². The molecular formula is C41H79NO2. The van der Waals surface area contributed by atoms with Crippen LogP contribution in [0.3, 0.4) is 0 Å². The van der Waals surface area contributed by atoms with Gasteiger partial charge in [-0.1, -0.05) is 167 Å². The number of esters is 1. The molecule has 0 spiro atoms. The van der Waals surface area contributed by atoms with E-state index in [2.05, 4.69) is 57.1 Å². The molecule has 0 aliphatic carbocycles. The molecule has 0 saturated carbocycles. The van der Waals surface area contributed by atoms with Gasteiger partial charge in [-0.05, 0) is 78.4 Å². The summed E-state index contributed by atoms with van der Waals surface area (Å²) < 4.78 is 6.00. The van der Waals surface area contributed by atoms with Crippen molar-refractivity contribution in [2.24, 2.45) is 0 Å². The summed E-state index contributed by atoms with van der Waals surface area (Å²) in [5.74, 6) is 0.0160. The van der Waals surface area contributed by atoms with Crippen LogP contribution in [0.15, 0.2) is 24.3 Å². The quantitative estimate of drug-likeness (QED) is 0.0402. The number of carbonyl (C=O) groups is 1. The van der Waals surface area contributed by atoms with Crippen LogP contribution in [-0.2, 0) is 9.53 Å². The fourth-order valence-electron chi connectivity index (χ4n) is 5.96. The third-order valence-corrected chi connectivity index (χ3v) is 8.89. The molecule has 0 aliphatic rings. The predicted molar refractivity (Wildman–Crippen MR) is 197 cm³/mol. The Bertz CT molecular complexity index is 626. The van der Waals surface area contributed by atoms with Gasteiger partial charge in [0.1, 0.15) is 6.10 Å². The highest BCUT2D eigenvalue weighted by Gasteiger charge is 2.14. The first-order valence-corrected chi connectivity index (χ1v) is 19.7. The van der Waals surface area contributed by atoms with Gasteiger partial charge in [-0.25, -0.2) is 0 Å². The van der Waals surface area contributed by atoms with Crippen LogP contribution < -0.4 is 0 Å². The van der Waals surface area contributed by atoms with Crippen LogP contribution >= 0.6 is 0 Å².